The summed E-state index contributed by atoms with van der Waals surface area (Å²) in [5.74, 6) is -0.308. The molecule has 0 unspecified atom stereocenters. The van der Waals surface area contributed by atoms with E-state index in [1.807, 2.05) is 6.92 Å². The number of hydrogen-bond donors (Lipinski definition) is 5. The lowest BCUT2D eigenvalue weighted by molar-refractivity contribution is -0.143. The number of methoxy groups -OCH3 is 2. The van der Waals surface area contributed by atoms with Gasteiger partial charge in [-0.3, -0.25) is 9.59 Å². The highest BCUT2D eigenvalue weighted by molar-refractivity contribution is 8.37. The number of alkyl carbamates (subject to hydrolysis) is 1. The van der Waals surface area contributed by atoms with Crippen LogP contribution >= 0.6 is 0 Å². The first-order valence-electron chi connectivity index (χ1n) is 13.4. The summed E-state index contributed by atoms with van der Waals surface area (Å²) in [5, 5.41) is 39.9. The van der Waals surface area contributed by atoms with Crippen molar-refractivity contribution in [3.05, 3.63) is 70.6 Å². The predicted molar refractivity (Wildman–Crippen MR) is 178 cm³/mol. The zero-order chi connectivity index (χ0) is 35.1. The second-order valence-corrected chi connectivity index (χ2v) is 10.5. The van der Waals surface area contributed by atoms with Gasteiger partial charge in [-0.15, -0.1) is 0 Å². The van der Waals surface area contributed by atoms with Gasteiger partial charge in [-0.05, 0) is 36.6 Å². The molecule has 252 valence electrons. The van der Waals surface area contributed by atoms with E-state index in [0.29, 0.717) is 35.1 Å². The van der Waals surface area contributed by atoms with Gasteiger partial charge in [0.1, 0.15) is 35.9 Å². The van der Waals surface area contributed by atoms with Crippen molar-refractivity contribution >= 4 is 60.1 Å². The zero-order valence-corrected chi connectivity index (χ0v) is 27.9. The summed E-state index contributed by atoms with van der Waals surface area (Å²) in [6.45, 7) is 5.36. The van der Waals surface area contributed by atoms with Crippen molar-refractivity contribution < 1.29 is 53.4 Å². The van der Waals surface area contributed by atoms with Crippen LogP contribution in [0.2, 0.25) is 0 Å². The van der Waals surface area contributed by atoms with Gasteiger partial charge >= 0.3 is 17.7 Å². The maximum atomic E-state index is 11.6. The first kappa shape index (κ1) is 41.6. The fraction of sp³-hybridized carbons (Fsp3) is 0.333. The average molecular weight is 700 g/mol. The van der Waals surface area contributed by atoms with Gasteiger partial charge in [-0.25, -0.2) is 9.59 Å². The Morgan fingerprint density at radius 3 is 2.26 bits per heavy atom. The number of esters is 1. The molecule has 16 heteroatoms. The van der Waals surface area contributed by atoms with Crippen LogP contribution < -0.4 is 15.7 Å². The van der Waals surface area contributed by atoms with Gasteiger partial charge in [-0.2, -0.15) is 0 Å². The van der Waals surface area contributed by atoms with E-state index in [2.05, 4.69) is 39.0 Å². The first-order chi connectivity index (χ1) is 21.9. The summed E-state index contributed by atoms with van der Waals surface area (Å²) in [4.78, 5) is 44.1. The summed E-state index contributed by atoms with van der Waals surface area (Å²) in [6.07, 6.45) is 2.42. The Morgan fingerprint density at radius 2 is 1.72 bits per heavy atom. The molecular formula is C30H37NO12S3. The molecule has 5 N–H and O–H groups in total. The number of ketones is 1. The number of carbonyl (C=O) groups is 3. The highest BCUT2D eigenvalue weighted by atomic mass is 33.1. The Labute approximate surface area is 278 Å². The number of phenolic OH excluding ortho intramolecular Hbond substituents is 2. The van der Waals surface area contributed by atoms with Crippen LogP contribution in [-0.2, 0) is 63.3 Å². The van der Waals surface area contributed by atoms with Crippen molar-refractivity contribution in [3.63, 3.8) is 0 Å². The van der Waals surface area contributed by atoms with Crippen LogP contribution in [0.4, 0.5) is 4.79 Å². The van der Waals surface area contributed by atoms with E-state index in [0.717, 1.165) is 15.3 Å². The SMILES string of the molecule is C=CCOC(=O)NCCc1cc(=O)oc2cc(O)c(CO)cc12.CCCC(=O)CC(=O)OC.COc1ccc(O)cc1O.S=S=S. The van der Waals surface area contributed by atoms with Crippen LogP contribution in [0.25, 0.3) is 11.0 Å². The van der Waals surface area contributed by atoms with Crippen molar-refractivity contribution in [1.29, 1.82) is 0 Å². The number of aliphatic hydroxyl groups excluding tert-OH is 1. The molecule has 0 aliphatic carbocycles. The minimum atomic E-state index is -0.578. The molecule has 1 amide bonds. The summed E-state index contributed by atoms with van der Waals surface area (Å²) >= 11 is 8.25. The number of fused-ring (bicyclic) bond motifs is 1. The predicted octanol–water partition coefficient (Wildman–Crippen LogP) is 3.46. The van der Waals surface area contributed by atoms with E-state index >= 15 is 0 Å². The van der Waals surface area contributed by atoms with Crippen LogP contribution in [0.3, 0.4) is 0 Å². The number of hydrogen-bond acceptors (Lipinski definition) is 14. The van der Waals surface area contributed by atoms with E-state index in [4.69, 9.17) is 24.1 Å². The van der Waals surface area contributed by atoms with E-state index in [1.54, 1.807) is 6.07 Å². The minimum Gasteiger partial charge on any atom is -0.508 e. The van der Waals surface area contributed by atoms with Crippen LogP contribution in [0.1, 0.15) is 37.3 Å². The number of Topliss-reactive ketones (excluding diaryl/α,β-unsaturated/α-hetero) is 1. The smallest absolute Gasteiger partial charge is 0.407 e. The Kier molecular flexibility index (Phi) is 21.7. The zero-order valence-electron chi connectivity index (χ0n) is 25.5. The molecule has 1 aromatic heterocycles. The summed E-state index contributed by atoms with van der Waals surface area (Å²) in [7, 11) is 3.65. The van der Waals surface area contributed by atoms with Crippen molar-refractivity contribution in [2.24, 2.45) is 0 Å². The molecule has 0 aliphatic heterocycles. The maximum Gasteiger partial charge on any atom is 0.407 e. The molecule has 0 atom stereocenters. The highest BCUT2D eigenvalue weighted by Gasteiger charge is 2.11. The second kappa shape index (κ2) is 23.9. The van der Waals surface area contributed by atoms with Gasteiger partial charge in [-0.1, -0.05) is 19.6 Å². The Bertz CT molecular complexity index is 1540. The van der Waals surface area contributed by atoms with Crippen LogP contribution in [0, 0.1) is 0 Å². The molecule has 0 saturated heterocycles. The summed E-state index contributed by atoms with van der Waals surface area (Å²) < 4.78 is 18.9. The van der Waals surface area contributed by atoms with E-state index in [1.165, 1.54) is 50.6 Å². The third-order valence-electron chi connectivity index (χ3n) is 5.46. The van der Waals surface area contributed by atoms with Crippen LogP contribution in [-0.4, -0.2) is 65.6 Å². The van der Waals surface area contributed by atoms with Gasteiger partial charge < -0.3 is 44.4 Å². The standard InChI is InChI=1S/C16H17NO6.C7H8O3.C7H12O3.S3/c1-2-5-22-16(21)17-4-3-10-7-15(20)23-14-8-13(19)11(9-18)6-12(10)14;1-10-7-3-2-5(8)4-6(7)9;1-3-4-6(8)5-7(9)10-2;1-3-2/h2,6-8,18-19H,1,3-5,9H2,(H,17,21);2-4,8-9H,1H3;3-5H2,1-2H3;. The maximum absolute atomic E-state index is 11.6. The van der Waals surface area contributed by atoms with Crippen LogP contribution in [0.15, 0.2) is 58.3 Å². The summed E-state index contributed by atoms with van der Waals surface area (Å²) in [6, 6.07) is 8.32. The van der Waals surface area contributed by atoms with Crippen molar-refractivity contribution in [3.8, 4) is 23.0 Å². The largest absolute Gasteiger partial charge is 0.508 e. The monoisotopic (exact) mass is 699 g/mol. The molecule has 3 aromatic rings. The quantitative estimate of drug-likeness (QED) is 0.0843. The third-order valence-corrected chi connectivity index (χ3v) is 5.46. The molecule has 46 heavy (non-hydrogen) atoms. The molecule has 13 nitrogen and oxygen atoms in total. The number of amides is 1. The Hall–Kier alpha value is -4.38. The normalized spacial score (nSPS) is 9.48. The van der Waals surface area contributed by atoms with Crippen molar-refractivity contribution in [2.45, 2.75) is 39.2 Å². The number of ether oxygens (including phenoxy) is 3. The second-order valence-electron chi connectivity index (χ2n) is 8.76. The fourth-order valence-corrected chi connectivity index (χ4v) is 3.40. The third kappa shape index (κ3) is 16.6. The Morgan fingerprint density at radius 1 is 1.04 bits per heavy atom. The molecule has 1 heterocycles. The molecule has 0 aliphatic rings. The molecule has 0 radical (unpaired) electrons. The lowest BCUT2D eigenvalue weighted by Crippen LogP contribution is -2.26. The molecule has 0 fully saturated rings. The highest BCUT2D eigenvalue weighted by Crippen LogP contribution is 2.29. The number of rotatable bonds is 11. The number of phenols is 3. The minimum absolute atomic E-state index is 0.0262. The van der Waals surface area contributed by atoms with Crippen LogP contribution in [0.5, 0.6) is 23.0 Å². The molecule has 0 spiro atoms. The molecule has 2 aromatic carbocycles. The van der Waals surface area contributed by atoms with Gasteiger partial charge in [0.2, 0.25) is 0 Å². The summed E-state index contributed by atoms with van der Waals surface area (Å²) in [5.41, 5.74) is 0.621. The van der Waals surface area contributed by atoms with Gasteiger partial charge in [0, 0.05) is 73.4 Å². The van der Waals surface area contributed by atoms with Gasteiger partial charge in [0.15, 0.2) is 11.5 Å². The number of aliphatic hydroxyl groups is 1. The lowest BCUT2D eigenvalue weighted by Gasteiger charge is -2.09. The first-order valence-corrected chi connectivity index (χ1v) is 16.0. The molecular weight excluding hydrogens is 663 g/mol. The Balaban J connectivity index is 0.000000728. The van der Waals surface area contributed by atoms with E-state index < -0.39 is 17.7 Å². The van der Waals surface area contributed by atoms with E-state index in [9.17, 15) is 29.4 Å². The molecule has 0 saturated carbocycles. The number of carbonyl (C=O) groups excluding carboxylic acids is 3. The average Bonchev–Trinajstić information content (AvgIpc) is 3.00. The number of aromatic hydroxyl groups is 3. The van der Waals surface area contributed by atoms with Gasteiger partial charge in [0.25, 0.3) is 0 Å². The van der Waals surface area contributed by atoms with E-state index in [-0.39, 0.29) is 54.8 Å². The fourth-order valence-electron chi connectivity index (χ4n) is 3.40. The number of nitrogens with one attached hydrogen (secondary N) is 1. The molecule has 3 rings (SSSR count). The molecule has 0 bridgehead atoms. The van der Waals surface area contributed by atoms with Crippen molar-refractivity contribution in [2.75, 3.05) is 27.4 Å². The topological polar surface area (TPSA) is 202 Å². The van der Waals surface area contributed by atoms with Gasteiger partial charge in [0.05, 0.1) is 20.8 Å². The van der Waals surface area contributed by atoms with Crippen molar-refractivity contribution in [1.82, 2.24) is 5.32 Å². The lowest BCUT2D eigenvalue weighted by atomic mass is 10.0. The number of benzene rings is 2.